The molecule has 0 spiro atoms. The Morgan fingerprint density at radius 1 is 1.20 bits per heavy atom. The predicted octanol–water partition coefficient (Wildman–Crippen LogP) is 3.99. The van der Waals surface area contributed by atoms with Crippen LogP contribution in [-0.2, 0) is 9.59 Å². The second kappa shape index (κ2) is 7.40. The molecule has 25 heavy (non-hydrogen) atoms. The summed E-state index contributed by atoms with van der Waals surface area (Å²) < 4.78 is 0.859. The fourth-order valence-electron chi connectivity index (χ4n) is 3.27. The average Bonchev–Trinajstić information content (AvgIpc) is 2.97. The fourth-order valence-corrected chi connectivity index (χ4v) is 3.77. The number of aryl methyl sites for hydroxylation is 1. The van der Waals surface area contributed by atoms with Crippen molar-refractivity contribution in [3.63, 3.8) is 0 Å². The van der Waals surface area contributed by atoms with Crippen molar-refractivity contribution in [3.05, 3.63) is 64.1 Å². The van der Waals surface area contributed by atoms with E-state index in [0.29, 0.717) is 6.54 Å². The van der Waals surface area contributed by atoms with E-state index in [1.807, 2.05) is 62.4 Å². The molecule has 1 aliphatic rings. The minimum absolute atomic E-state index is 0.0180. The van der Waals surface area contributed by atoms with Crippen molar-refractivity contribution < 1.29 is 9.59 Å². The normalized spacial score (nSPS) is 18.3. The zero-order valence-corrected chi connectivity index (χ0v) is 15.9. The number of benzene rings is 2. The molecule has 0 bridgehead atoms. The molecule has 0 aliphatic carbocycles. The largest absolute Gasteiger partial charge is 0.349 e. The predicted molar refractivity (Wildman–Crippen MR) is 102 cm³/mol. The quantitative estimate of drug-likeness (QED) is 0.843. The Labute approximate surface area is 156 Å². The molecule has 1 N–H and O–H groups in total. The van der Waals surface area contributed by atoms with Gasteiger partial charge in [0.1, 0.15) is 0 Å². The van der Waals surface area contributed by atoms with Crippen molar-refractivity contribution >= 4 is 33.4 Å². The SMILES string of the molecule is Cc1ccccc1[C@@H](C)NC(=O)[C@@H]1CC(=O)N(c2ccccc2Br)C1. The van der Waals surface area contributed by atoms with Crippen LogP contribution in [0.4, 0.5) is 5.69 Å². The van der Waals surface area contributed by atoms with E-state index < -0.39 is 0 Å². The number of rotatable bonds is 4. The van der Waals surface area contributed by atoms with Crippen molar-refractivity contribution in [1.29, 1.82) is 0 Å². The molecule has 5 heteroatoms. The molecule has 0 radical (unpaired) electrons. The van der Waals surface area contributed by atoms with Gasteiger partial charge in [-0.3, -0.25) is 9.59 Å². The number of halogens is 1. The summed E-state index contributed by atoms with van der Waals surface area (Å²) in [5, 5.41) is 3.06. The number of carbonyl (C=O) groups is 2. The lowest BCUT2D eigenvalue weighted by molar-refractivity contribution is -0.126. The molecule has 3 rings (SSSR count). The number of nitrogens with zero attached hydrogens (tertiary/aromatic N) is 1. The van der Waals surface area contributed by atoms with Crippen LogP contribution in [0.25, 0.3) is 0 Å². The summed E-state index contributed by atoms with van der Waals surface area (Å²) in [6.07, 6.45) is 0.244. The Bertz CT molecular complexity index is 806. The monoisotopic (exact) mass is 400 g/mol. The van der Waals surface area contributed by atoms with Crippen LogP contribution in [0.15, 0.2) is 53.0 Å². The number of para-hydroxylation sites is 1. The van der Waals surface area contributed by atoms with Crippen LogP contribution in [0.2, 0.25) is 0 Å². The maximum Gasteiger partial charge on any atom is 0.227 e. The molecule has 2 aromatic carbocycles. The van der Waals surface area contributed by atoms with Gasteiger partial charge in [0.2, 0.25) is 11.8 Å². The second-order valence-electron chi connectivity index (χ2n) is 6.44. The van der Waals surface area contributed by atoms with E-state index in [2.05, 4.69) is 21.2 Å². The van der Waals surface area contributed by atoms with Gasteiger partial charge in [0.05, 0.1) is 17.6 Å². The smallest absolute Gasteiger partial charge is 0.227 e. The molecular weight excluding hydrogens is 380 g/mol. The van der Waals surface area contributed by atoms with E-state index >= 15 is 0 Å². The number of nitrogens with one attached hydrogen (secondary N) is 1. The third-order valence-electron chi connectivity index (χ3n) is 4.65. The lowest BCUT2D eigenvalue weighted by atomic mass is 10.0. The minimum atomic E-state index is -0.328. The second-order valence-corrected chi connectivity index (χ2v) is 7.30. The van der Waals surface area contributed by atoms with Gasteiger partial charge in [-0.15, -0.1) is 0 Å². The zero-order chi connectivity index (χ0) is 18.0. The first-order chi connectivity index (χ1) is 12.0. The van der Waals surface area contributed by atoms with E-state index in [1.165, 1.54) is 0 Å². The molecule has 0 unspecified atom stereocenters. The Morgan fingerprint density at radius 2 is 1.88 bits per heavy atom. The molecule has 2 amide bonds. The molecule has 0 saturated carbocycles. The average molecular weight is 401 g/mol. The van der Waals surface area contributed by atoms with Gasteiger partial charge in [0.25, 0.3) is 0 Å². The Hall–Kier alpha value is -2.14. The van der Waals surface area contributed by atoms with E-state index in [0.717, 1.165) is 21.3 Å². The first kappa shape index (κ1) is 17.7. The van der Waals surface area contributed by atoms with E-state index in [4.69, 9.17) is 0 Å². The molecule has 1 heterocycles. The summed E-state index contributed by atoms with van der Waals surface area (Å²) in [4.78, 5) is 26.7. The van der Waals surface area contributed by atoms with Crippen molar-refractivity contribution in [3.8, 4) is 0 Å². The third-order valence-corrected chi connectivity index (χ3v) is 5.32. The number of carbonyl (C=O) groups excluding carboxylic acids is 2. The van der Waals surface area contributed by atoms with Crippen LogP contribution in [0.1, 0.15) is 30.5 Å². The van der Waals surface area contributed by atoms with Gasteiger partial charge in [-0.25, -0.2) is 0 Å². The fraction of sp³-hybridized carbons (Fsp3) is 0.300. The Kier molecular flexibility index (Phi) is 5.23. The molecule has 1 fully saturated rings. The lowest BCUT2D eigenvalue weighted by Crippen LogP contribution is -2.34. The third kappa shape index (κ3) is 3.76. The van der Waals surface area contributed by atoms with Gasteiger partial charge in [-0.1, -0.05) is 36.4 Å². The van der Waals surface area contributed by atoms with Gasteiger partial charge < -0.3 is 10.2 Å². The molecular formula is C20H21BrN2O2. The highest BCUT2D eigenvalue weighted by Gasteiger charge is 2.36. The molecule has 0 aromatic heterocycles. The summed E-state index contributed by atoms with van der Waals surface area (Å²) in [7, 11) is 0. The number of amides is 2. The number of anilines is 1. The van der Waals surface area contributed by atoms with Gasteiger partial charge >= 0.3 is 0 Å². The van der Waals surface area contributed by atoms with Crippen LogP contribution in [0.3, 0.4) is 0 Å². The zero-order valence-electron chi connectivity index (χ0n) is 14.3. The van der Waals surface area contributed by atoms with Crippen LogP contribution in [-0.4, -0.2) is 18.4 Å². The lowest BCUT2D eigenvalue weighted by Gasteiger charge is -2.20. The van der Waals surface area contributed by atoms with Gasteiger partial charge in [-0.2, -0.15) is 0 Å². The standard InChI is InChI=1S/C20H21BrN2O2/c1-13-7-3-4-8-16(13)14(2)22-20(25)15-11-19(24)23(12-15)18-10-6-5-9-17(18)21/h3-10,14-15H,11-12H2,1-2H3,(H,22,25)/t14-,15-/m1/s1. The van der Waals surface area contributed by atoms with Crippen molar-refractivity contribution in [2.45, 2.75) is 26.3 Å². The van der Waals surface area contributed by atoms with Gasteiger partial charge in [0, 0.05) is 17.4 Å². The van der Waals surface area contributed by atoms with Crippen LogP contribution in [0, 0.1) is 12.8 Å². The van der Waals surface area contributed by atoms with Gasteiger partial charge in [-0.05, 0) is 53.0 Å². The maximum atomic E-state index is 12.6. The number of hydrogen-bond acceptors (Lipinski definition) is 2. The maximum absolute atomic E-state index is 12.6. The topological polar surface area (TPSA) is 49.4 Å². The highest BCUT2D eigenvalue weighted by molar-refractivity contribution is 9.10. The summed E-state index contributed by atoms with van der Waals surface area (Å²) in [6, 6.07) is 15.5. The number of hydrogen-bond donors (Lipinski definition) is 1. The Morgan fingerprint density at radius 3 is 2.60 bits per heavy atom. The summed E-state index contributed by atoms with van der Waals surface area (Å²) in [5.41, 5.74) is 3.06. The van der Waals surface area contributed by atoms with Crippen LogP contribution >= 0.6 is 15.9 Å². The first-order valence-corrected chi connectivity index (χ1v) is 9.17. The van der Waals surface area contributed by atoms with Crippen molar-refractivity contribution in [1.82, 2.24) is 5.32 Å². The molecule has 2 aromatic rings. The van der Waals surface area contributed by atoms with Crippen molar-refractivity contribution in [2.24, 2.45) is 5.92 Å². The summed E-state index contributed by atoms with van der Waals surface area (Å²) in [5.74, 6) is -0.416. The molecule has 1 aliphatic heterocycles. The molecule has 1 saturated heterocycles. The van der Waals surface area contributed by atoms with Crippen LogP contribution < -0.4 is 10.2 Å². The molecule has 2 atom stereocenters. The summed E-state index contributed by atoms with van der Waals surface area (Å²) >= 11 is 3.48. The minimum Gasteiger partial charge on any atom is -0.349 e. The first-order valence-electron chi connectivity index (χ1n) is 8.38. The highest BCUT2D eigenvalue weighted by Crippen LogP contribution is 2.31. The van der Waals surface area contributed by atoms with E-state index in [-0.39, 0.29) is 30.2 Å². The Balaban J connectivity index is 1.69. The summed E-state index contributed by atoms with van der Waals surface area (Å²) in [6.45, 7) is 4.42. The van der Waals surface area contributed by atoms with E-state index in [9.17, 15) is 9.59 Å². The molecule has 4 nitrogen and oxygen atoms in total. The van der Waals surface area contributed by atoms with Crippen LogP contribution in [0.5, 0.6) is 0 Å². The van der Waals surface area contributed by atoms with E-state index in [1.54, 1.807) is 4.90 Å². The highest BCUT2D eigenvalue weighted by atomic mass is 79.9. The molecule has 130 valence electrons. The van der Waals surface area contributed by atoms with Gasteiger partial charge in [0.15, 0.2) is 0 Å². The van der Waals surface area contributed by atoms with Crippen molar-refractivity contribution in [2.75, 3.05) is 11.4 Å².